The molecule has 0 fully saturated rings. The highest BCUT2D eigenvalue weighted by molar-refractivity contribution is 4.50. The van der Waals surface area contributed by atoms with Gasteiger partial charge in [0.25, 0.3) is 0 Å². The molecule has 0 aromatic rings. The van der Waals surface area contributed by atoms with Crippen LogP contribution in [0, 0.1) is 0 Å². The highest BCUT2D eigenvalue weighted by atomic mass is 15.1. The molecule has 0 spiro atoms. The van der Waals surface area contributed by atoms with Gasteiger partial charge in [0.1, 0.15) is 0 Å². The molecule has 0 aliphatic heterocycles. The SMILES string of the molecule is CCCCCCCCN=NCCCCCN=NCCCCCCCC. The smallest absolute Gasteiger partial charge is 0.0598 e. The summed E-state index contributed by atoms with van der Waals surface area (Å²) in [7, 11) is 0. The largest absolute Gasteiger partial charge is 0.194 e. The second-order valence-corrected chi connectivity index (χ2v) is 7.06. The number of nitrogens with zero attached hydrogens (tertiary/aromatic N) is 4. The van der Waals surface area contributed by atoms with Gasteiger partial charge in [-0.25, -0.2) is 0 Å². The van der Waals surface area contributed by atoms with E-state index in [0.29, 0.717) is 0 Å². The van der Waals surface area contributed by atoms with Crippen LogP contribution in [-0.2, 0) is 0 Å². The molecule has 0 radical (unpaired) electrons. The first-order chi connectivity index (χ1) is 12.4. The third-order valence-corrected chi connectivity index (χ3v) is 4.44. The van der Waals surface area contributed by atoms with Gasteiger partial charge in [-0.05, 0) is 32.1 Å². The van der Waals surface area contributed by atoms with E-state index in [-0.39, 0.29) is 0 Å². The fraction of sp³-hybridized carbons (Fsp3) is 1.00. The van der Waals surface area contributed by atoms with Gasteiger partial charge < -0.3 is 0 Å². The first kappa shape index (κ1) is 24.2. The number of rotatable bonds is 20. The van der Waals surface area contributed by atoms with Crippen molar-refractivity contribution in [1.82, 2.24) is 0 Å². The van der Waals surface area contributed by atoms with Gasteiger partial charge in [-0.2, -0.15) is 20.5 Å². The van der Waals surface area contributed by atoms with Crippen LogP contribution in [0.5, 0.6) is 0 Å². The second kappa shape index (κ2) is 23.2. The van der Waals surface area contributed by atoms with Crippen LogP contribution in [-0.4, -0.2) is 26.2 Å². The van der Waals surface area contributed by atoms with E-state index >= 15 is 0 Å². The van der Waals surface area contributed by atoms with Gasteiger partial charge in [0.15, 0.2) is 0 Å². The average molecular weight is 353 g/mol. The highest BCUT2D eigenvalue weighted by Gasteiger charge is 1.91. The molecule has 0 N–H and O–H groups in total. The van der Waals surface area contributed by atoms with Gasteiger partial charge in [-0.3, -0.25) is 0 Å². The van der Waals surface area contributed by atoms with Crippen LogP contribution in [0.25, 0.3) is 0 Å². The summed E-state index contributed by atoms with van der Waals surface area (Å²) in [5, 5.41) is 17.1. The predicted molar refractivity (Wildman–Crippen MR) is 110 cm³/mol. The summed E-state index contributed by atoms with van der Waals surface area (Å²) in [6.45, 7) is 8.11. The van der Waals surface area contributed by atoms with E-state index in [0.717, 1.165) is 39.0 Å². The lowest BCUT2D eigenvalue weighted by molar-refractivity contribution is 0.599. The summed E-state index contributed by atoms with van der Waals surface area (Å²) in [4.78, 5) is 0. The van der Waals surface area contributed by atoms with Crippen molar-refractivity contribution in [3.05, 3.63) is 0 Å². The van der Waals surface area contributed by atoms with E-state index in [1.165, 1.54) is 83.5 Å². The van der Waals surface area contributed by atoms with Crippen LogP contribution in [0.2, 0.25) is 0 Å². The minimum atomic E-state index is 0.880. The zero-order valence-electron chi connectivity index (χ0n) is 17.2. The quantitative estimate of drug-likeness (QED) is 0.159. The zero-order valence-corrected chi connectivity index (χ0v) is 17.2. The van der Waals surface area contributed by atoms with Crippen LogP contribution in [0.3, 0.4) is 0 Å². The fourth-order valence-corrected chi connectivity index (χ4v) is 2.75. The summed E-state index contributed by atoms with van der Waals surface area (Å²) in [5.41, 5.74) is 0. The van der Waals surface area contributed by atoms with Crippen molar-refractivity contribution in [3.63, 3.8) is 0 Å². The van der Waals surface area contributed by atoms with Crippen molar-refractivity contribution in [2.24, 2.45) is 20.5 Å². The Balaban J connectivity index is 3.12. The molecule has 0 amide bonds. The van der Waals surface area contributed by atoms with Gasteiger partial charge in [-0.1, -0.05) is 78.1 Å². The summed E-state index contributed by atoms with van der Waals surface area (Å²) < 4.78 is 0. The molecule has 0 atom stereocenters. The van der Waals surface area contributed by atoms with Crippen molar-refractivity contribution < 1.29 is 0 Å². The lowest BCUT2D eigenvalue weighted by Gasteiger charge is -1.98. The first-order valence-electron chi connectivity index (χ1n) is 11.1. The lowest BCUT2D eigenvalue weighted by atomic mass is 10.1. The number of azo groups is 2. The van der Waals surface area contributed by atoms with E-state index in [2.05, 4.69) is 34.3 Å². The van der Waals surface area contributed by atoms with Gasteiger partial charge in [0.05, 0.1) is 26.2 Å². The molecular formula is C21H44N4. The van der Waals surface area contributed by atoms with Crippen molar-refractivity contribution in [3.8, 4) is 0 Å². The third kappa shape index (κ3) is 23.2. The number of hydrogen-bond acceptors (Lipinski definition) is 4. The Labute approximate surface area is 157 Å². The molecule has 0 aromatic heterocycles. The Morgan fingerprint density at radius 2 is 0.560 bits per heavy atom. The molecule has 0 rings (SSSR count). The Bertz CT molecular complexity index is 262. The molecular weight excluding hydrogens is 308 g/mol. The highest BCUT2D eigenvalue weighted by Crippen LogP contribution is 2.06. The Morgan fingerprint density at radius 1 is 0.320 bits per heavy atom. The maximum Gasteiger partial charge on any atom is 0.0598 e. The monoisotopic (exact) mass is 352 g/mol. The predicted octanol–water partition coefficient (Wildman–Crippen LogP) is 7.78. The van der Waals surface area contributed by atoms with Crippen LogP contribution in [0.4, 0.5) is 0 Å². The van der Waals surface area contributed by atoms with Gasteiger partial charge in [-0.15, -0.1) is 0 Å². The van der Waals surface area contributed by atoms with Gasteiger partial charge >= 0.3 is 0 Å². The molecule has 0 aliphatic rings. The molecule has 4 heteroatoms. The zero-order chi connectivity index (χ0) is 18.3. The summed E-state index contributed by atoms with van der Waals surface area (Å²) in [6, 6.07) is 0. The minimum Gasteiger partial charge on any atom is -0.194 e. The molecule has 0 saturated carbocycles. The molecule has 0 heterocycles. The van der Waals surface area contributed by atoms with Crippen molar-refractivity contribution in [2.75, 3.05) is 26.2 Å². The summed E-state index contributed by atoms with van der Waals surface area (Å²) in [6.07, 6.45) is 19.3. The summed E-state index contributed by atoms with van der Waals surface area (Å²) >= 11 is 0. The minimum absolute atomic E-state index is 0.880. The maximum atomic E-state index is 4.27. The standard InChI is InChI=1S/C21H44N4/c1-3-5-7-9-11-14-18-22-24-20-16-13-17-21-25-23-19-15-12-10-8-6-4-2/h3-21H2,1-2H3. The molecule has 148 valence electrons. The summed E-state index contributed by atoms with van der Waals surface area (Å²) in [5.74, 6) is 0. The van der Waals surface area contributed by atoms with Crippen LogP contribution >= 0.6 is 0 Å². The molecule has 0 unspecified atom stereocenters. The van der Waals surface area contributed by atoms with Crippen LogP contribution in [0.1, 0.15) is 110 Å². The van der Waals surface area contributed by atoms with E-state index < -0.39 is 0 Å². The van der Waals surface area contributed by atoms with Crippen molar-refractivity contribution >= 4 is 0 Å². The Kier molecular flexibility index (Phi) is 22.5. The molecule has 0 aliphatic carbocycles. The topological polar surface area (TPSA) is 49.4 Å². The number of hydrogen-bond donors (Lipinski definition) is 0. The van der Waals surface area contributed by atoms with E-state index in [1.54, 1.807) is 0 Å². The molecule has 25 heavy (non-hydrogen) atoms. The van der Waals surface area contributed by atoms with Crippen molar-refractivity contribution in [1.29, 1.82) is 0 Å². The third-order valence-electron chi connectivity index (χ3n) is 4.44. The first-order valence-corrected chi connectivity index (χ1v) is 11.1. The Hall–Kier alpha value is -0.800. The second-order valence-electron chi connectivity index (χ2n) is 7.06. The van der Waals surface area contributed by atoms with Crippen LogP contribution in [0.15, 0.2) is 20.5 Å². The normalized spacial score (nSPS) is 11.9. The lowest BCUT2D eigenvalue weighted by Crippen LogP contribution is -1.87. The van der Waals surface area contributed by atoms with E-state index in [9.17, 15) is 0 Å². The van der Waals surface area contributed by atoms with Crippen LogP contribution < -0.4 is 0 Å². The molecule has 0 aromatic carbocycles. The van der Waals surface area contributed by atoms with E-state index in [1.807, 2.05) is 0 Å². The van der Waals surface area contributed by atoms with Crippen molar-refractivity contribution in [2.45, 2.75) is 110 Å². The average Bonchev–Trinajstić information content (AvgIpc) is 2.63. The molecule has 4 nitrogen and oxygen atoms in total. The van der Waals surface area contributed by atoms with Gasteiger partial charge in [0, 0.05) is 0 Å². The van der Waals surface area contributed by atoms with E-state index in [4.69, 9.17) is 0 Å². The number of unbranched alkanes of at least 4 members (excludes halogenated alkanes) is 12. The molecule has 0 saturated heterocycles. The molecule has 0 bridgehead atoms. The van der Waals surface area contributed by atoms with Gasteiger partial charge in [0.2, 0.25) is 0 Å². The maximum absolute atomic E-state index is 4.27. The Morgan fingerprint density at radius 3 is 0.880 bits per heavy atom. The fourth-order valence-electron chi connectivity index (χ4n) is 2.75.